The van der Waals surface area contributed by atoms with Crippen LogP contribution < -0.4 is 10.6 Å². The molecule has 0 aliphatic heterocycles. The van der Waals surface area contributed by atoms with Crippen molar-refractivity contribution in [3.63, 3.8) is 0 Å². The van der Waals surface area contributed by atoms with Crippen molar-refractivity contribution in [3.8, 4) is 0 Å². The molecule has 0 fully saturated rings. The highest BCUT2D eigenvalue weighted by molar-refractivity contribution is 7.80. The predicted octanol–water partition coefficient (Wildman–Crippen LogP) is 1.17. The highest BCUT2D eigenvalue weighted by atomic mass is 32.1. The van der Waals surface area contributed by atoms with Gasteiger partial charge < -0.3 is 24.9 Å². The van der Waals surface area contributed by atoms with Crippen LogP contribution in [0.5, 0.6) is 0 Å². The van der Waals surface area contributed by atoms with Gasteiger partial charge in [0.1, 0.15) is 5.78 Å². The van der Waals surface area contributed by atoms with E-state index in [1.165, 1.54) is 6.92 Å². The van der Waals surface area contributed by atoms with E-state index < -0.39 is 17.9 Å². The molecule has 0 bridgehead atoms. The molecule has 0 saturated carbocycles. The monoisotopic (exact) mass is 432 g/mol. The Labute approximate surface area is 179 Å². The molecule has 0 aliphatic rings. The van der Waals surface area contributed by atoms with Gasteiger partial charge in [0.2, 0.25) is 11.8 Å². The number of carbonyl (C=O) groups excluding carboxylic acids is 4. The summed E-state index contributed by atoms with van der Waals surface area (Å²) < 4.78 is 10.1. The fraction of sp³-hybridized carbons (Fsp3) is 0.800. The summed E-state index contributed by atoms with van der Waals surface area (Å²) >= 11 is 4.19. The molecular formula is C20H36N2O6S. The zero-order chi connectivity index (χ0) is 22.2. The van der Waals surface area contributed by atoms with Crippen LogP contribution >= 0.6 is 12.6 Å². The molecule has 8 nitrogen and oxygen atoms in total. The normalized spacial score (nSPS) is 14.0. The molecule has 0 aromatic carbocycles. The molecule has 0 aliphatic carbocycles. The highest BCUT2D eigenvalue weighted by Gasteiger charge is 2.28. The Morgan fingerprint density at radius 3 is 2.14 bits per heavy atom. The number of hydrogen-bond acceptors (Lipinski definition) is 7. The number of ketones is 2. The van der Waals surface area contributed by atoms with E-state index in [2.05, 4.69) is 23.3 Å². The van der Waals surface area contributed by atoms with Gasteiger partial charge in [-0.25, -0.2) is 0 Å². The van der Waals surface area contributed by atoms with Gasteiger partial charge >= 0.3 is 0 Å². The second kappa shape index (κ2) is 16.4. The first-order chi connectivity index (χ1) is 13.8. The molecule has 29 heavy (non-hydrogen) atoms. The first-order valence-corrected chi connectivity index (χ1v) is 10.7. The molecule has 2 amide bonds. The lowest BCUT2D eigenvalue weighted by molar-refractivity contribution is -0.133. The topological polar surface area (TPSA) is 111 Å². The average Bonchev–Trinajstić information content (AvgIpc) is 2.69. The minimum Gasteiger partial charge on any atom is -0.382 e. The van der Waals surface area contributed by atoms with Crippen LogP contribution in [0.3, 0.4) is 0 Å². The Kier molecular flexibility index (Phi) is 15.5. The number of carbonyl (C=O) groups is 4. The summed E-state index contributed by atoms with van der Waals surface area (Å²) in [5.74, 6) is -1.68. The van der Waals surface area contributed by atoms with E-state index in [1.54, 1.807) is 14.0 Å². The number of rotatable bonds is 17. The summed E-state index contributed by atoms with van der Waals surface area (Å²) in [4.78, 5) is 48.6. The summed E-state index contributed by atoms with van der Waals surface area (Å²) in [6.07, 6.45) is 1.07. The zero-order valence-corrected chi connectivity index (χ0v) is 18.9. The van der Waals surface area contributed by atoms with Gasteiger partial charge in [-0.3, -0.25) is 14.4 Å². The largest absolute Gasteiger partial charge is 0.382 e. The number of nitrogens with one attached hydrogen (secondary N) is 2. The predicted molar refractivity (Wildman–Crippen MR) is 114 cm³/mol. The second-order valence-corrected chi connectivity index (χ2v) is 7.29. The minimum atomic E-state index is -0.684. The number of ether oxygens (including phenoxy) is 2. The quantitative estimate of drug-likeness (QED) is 0.235. The lowest BCUT2D eigenvalue weighted by atomic mass is 9.95. The van der Waals surface area contributed by atoms with Crippen LogP contribution in [0.15, 0.2) is 0 Å². The molecule has 0 spiro atoms. The average molecular weight is 433 g/mol. The summed E-state index contributed by atoms with van der Waals surface area (Å²) in [6, 6.07) is -0.684. The molecule has 168 valence electrons. The lowest BCUT2D eigenvalue weighted by Crippen LogP contribution is -2.45. The van der Waals surface area contributed by atoms with Crippen LogP contribution in [0.4, 0.5) is 0 Å². The van der Waals surface area contributed by atoms with Crippen molar-refractivity contribution in [3.05, 3.63) is 0 Å². The van der Waals surface area contributed by atoms with E-state index >= 15 is 0 Å². The van der Waals surface area contributed by atoms with Gasteiger partial charge in [0.05, 0.1) is 31.8 Å². The van der Waals surface area contributed by atoms with E-state index in [0.29, 0.717) is 39.2 Å². The van der Waals surface area contributed by atoms with Crippen molar-refractivity contribution in [2.24, 2.45) is 11.8 Å². The first-order valence-electron chi connectivity index (χ1n) is 10.1. The van der Waals surface area contributed by atoms with Crippen molar-refractivity contribution in [2.45, 2.75) is 52.5 Å². The second-order valence-electron chi connectivity index (χ2n) is 6.93. The molecule has 0 aromatic rings. The number of thiol groups is 1. The number of Topliss-reactive ketones (excluding diaryl/α,β-unsaturated/α-hetero) is 2. The number of hydrogen-bond donors (Lipinski definition) is 3. The van der Waals surface area contributed by atoms with Crippen molar-refractivity contribution < 1.29 is 28.7 Å². The molecule has 0 aromatic heterocycles. The molecule has 0 unspecified atom stereocenters. The third kappa shape index (κ3) is 12.0. The molecule has 3 atom stereocenters. The van der Waals surface area contributed by atoms with Gasteiger partial charge in [-0.05, 0) is 19.8 Å². The van der Waals surface area contributed by atoms with Crippen LogP contribution in [-0.2, 0) is 28.7 Å². The molecule has 0 saturated heterocycles. The number of amides is 2. The third-order valence-corrected chi connectivity index (χ3v) is 4.97. The Bertz CT molecular complexity index is 529. The van der Waals surface area contributed by atoms with E-state index in [9.17, 15) is 19.2 Å². The zero-order valence-electron chi connectivity index (χ0n) is 18.0. The maximum atomic E-state index is 12.6. The van der Waals surface area contributed by atoms with Gasteiger partial charge in [0.15, 0.2) is 5.78 Å². The molecule has 0 heterocycles. The standard InChI is InChI=1S/C20H36N2O6S/c1-5-15(11-14(3)23)20(26)22-17(6-2)18(24)12-16(13-29)19(25)21-7-8-28-10-9-27-4/h15-17,29H,5-13H2,1-4H3,(H,21,25)(H,22,26)/t15-,16+,17-/m1/s1. The van der Waals surface area contributed by atoms with Crippen LogP contribution in [0.1, 0.15) is 46.5 Å². The molecule has 9 heteroatoms. The number of methoxy groups -OCH3 is 1. The Morgan fingerprint density at radius 2 is 1.62 bits per heavy atom. The SMILES string of the molecule is CC[C@H](CC(C)=O)C(=O)N[C@H](CC)C(=O)C[C@@H](CS)C(=O)NCCOCCOC. The van der Waals surface area contributed by atoms with E-state index in [4.69, 9.17) is 9.47 Å². The van der Waals surface area contributed by atoms with Gasteiger partial charge in [-0.2, -0.15) is 12.6 Å². The maximum absolute atomic E-state index is 12.6. The van der Waals surface area contributed by atoms with Crippen LogP contribution in [0.2, 0.25) is 0 Å². The fourth-order valence-corrected chi connectivity index (χ4v) is 3.02. The fourth-order valence-electron chi connectivity index (χ4n) is 2.73. The minimum absolute atomic E-state index is 0.0118. The van der Waals surface area contributed by atoms with Crippen molar-refractivity contribution in [1.82, 2.24) is 10.6 Å². The van der Waals surface area contributed by atoms with E-state index in [0.717, 1.165) is 0 Å². The third-order valence-electron chi connectivity index (χ3n) is 4.53. The van der Waals surface area contributed by atoms with Gasteiger partial charge in [-0.15, -0.1) is 0 Å². The highest BCUT2D eigenvalue weighted by Crippen LogP contribution is 2.13. The summed E-state index contributed by atoms with van der Waals surface area (Å²) in [5.41, 5.74) is 0. The van der Waals surface area contributed by atoms with Gasteiger partial charge in [-0.1, -0.05) is 13.8 Å². The van der Waals surface area contributed by atoms with Gasteiger partial charge in [0.25, 0.3) is 0 Å². The van der Waals surface area contributed by atoms with Crippen LogP contribution in [0, 0.1) is 11.8 Å². The molecular weight excluding hydrogens is 396 g/mol. The van der Waals surface area contributed by atoms with Crippen LogP contribution in [0.25, 0.3) is 0 Å². The van der Waals surface area contributed by atoms with E-state index in [1.807, 2.05) is 6.92 Å². The van der Waals surface area contributed by atoms with Crippen molar-refractivity contribution in [1.29, 1.82) is 0 Å². The molecule has 0 radical (unpaired) electrons. The molecule has 0 rings (SSSR count). The summed E-state index contributed by atoms with van der Waals surface area (Å²) in [6.45, 7) is 6.68. The van der Waals surface area contributed by atoms with E-state index in [-0.39, 0.29) is 42.0 Å². The van der Waals surface area contributed by atoms with Crippen molar-refractivity contribution in [2.75, 3.05) is 39.2 Å². The molecule has 2 N–H and O–H groups in total. The first kappa shape index (κ1) is 27.5. The van der Waals surface area contributed by atoms with Crippen molar-refractivity contribution >= 4 is 36.0 Å². The lowest BCUT2D eigenvalue weighted by Gasteiger charge is -2.22. The Hall–Kier alpha value is -1.45. The van der Waals surface area contributed by atoms with Crippen LogP contribution in [-0.4, -0.2) is 68.7 Å². The summed E-state index contributed by atoms with van der Waals surface area (Å²) in [5, 5.41) is 5.47. The smallest absolute Gasteiger partial charge is 0.224 e. The Balaban J connectivity index is 4.61. The Morgan fingerprint density at radius 1 is 0.931 bits per heavy atom. The van der Waals surface area contributed by atoms with Gasteiger partial charge in [0, 0.05) is 38.2 Å². The summed E-state index contributed by atoms with van der Waals surface area (Å²) in [7, 11) is 1.58. The maximum Gasteiger partial charge on any atom is 0.224 e.